The van der Waals surface area contributed by atoms with Crippen molar-refractivity contribution in [2.24, 2.45) is 0 Å². The zero-order valence-corrected chi connectivity index (χ0v) is 11.6. The van der Waals surface area contributed by atoms with Crippen molar-refractivity contribution in [3.8, 4) is 11.3 Å². The van der Waals surface area contributed by atoms with Gasteiger partial charge in [0.1, 0.15) is 0 Å². The first-order valence-electron chi connectivity index (χ1n) is 6.96. The maximum Gasteiger partial charge on any atom is 0.237 e. The summed E-state index contributed by atoms with van der Waals surface area (Å²) in [6, 6.07) is 6.49. The van der Waals surface area contributed by atoms with Crippen LogP contribution in [-0.4, -0.2) is 16.9 Å². The van der Waals surface area contributed by atoms with E-state index in [9.17, 15) is 4.79 Å². The topological polar surface area (TPSA) is 46.3 Å². The van der Waals surface area contributed by atoms with Crippen LogP contribution in [0.3, 0.4) is 0 Å². The summed E-state index contributed by atoms with van der Waals surface area (Å²) in [6.07, 6.45) is 5.34. The second-order valence-corrected chi connectivity index (χ2v) is 6.13. The van der Waals surface area contributed by atoms with Crippen molar-refractivity contribution in [1.29, 1.82) is 0 Å². The zero-order valence-electron chi connectivity index (χ0n) is 11.6. The largest absolute Gasteiger partial charge is 0.444 e. The molecule has 0 atom stereocenters. The van der Waals surface area contributed by atoms with Gasteiger partial charge in [-0.3, -0.25) is 4.79 Å². The SMILES string of the molecule is CC1(C)C(=O)N(C2CC2)c2cc(-c3cnco3)ccc21. The Balaban J connectivity index is 1.88. The molecule has 1 aliphatic carbocycles. The molecule has 1 saturated carbocycles. The summed E-state index contributed by atoms with van der Waals surface area (Å²) in [6.45, 7) is 4.01. The number of fused-ring (bicyclic) bond motifs is 1. The summed E-state index contributed by atoms with van der Waals surface area (Å²) in [4.78, 5) is 18.6. The Morgan fingerprint density at radius 2 is 2.15 bits per heavy atom. The molecule has 4 rings (SSSR count). The van der Waals surface area contributed by atoms with Crippen molar-refractivity contribution in [1.82, 2.24) is 4.98 Å². The molecule has 2 aromatic rings. The fraction of sp³-hybridized carbons (Fsp3) is 0.375. The molecule has 102 valence electrons. The first-order valence-corrected chi connectivity index (χ1v) is 6.96. The molecular weight excluding hydrogens is 252 g/mol. The molecule has 4 nitrogen and oxygen atoms in total. The smallest absolute Gasteiger partial charge is 0.237 e. The number of carbonyl (C=O) groups excluding carboxylic acids is 1. The number of hydrogen-bond acceptors (Lipinski definition) is 3. The number of aromatic nitrogens is 1. The van der Waals surface area contributed by atoms with Crippen LogP contribution in [0.15, 0.2) is 35.2 Å². The van der Waals surface area contributed by atoms with Crippen molar-refractivity contribution in [3.63, 3.8) is 0 Å². The number of amides is 1. The van der Waals surface area contributed by atoms with Gasteiger partial charge in [-0.1, -0.05) is 12.1 Å². The molecule has 0 unspecified atom stereocenters. The summed E-state index contributed by atoms with van der Waals surface area (Å²) >= 11 is 0. The maximum atomic E-state index is 12.7. The van der Waals surface area contributed by atoms with Gasteiger partial charge in [-0.25, -0.2) is 4.98 Å². The lowest BCUT2D eigenvalue weighted by molar-refractivity contribution is -0.122. The van der Waals surface area contributed by atoms with Crippen LogP contribution in [0.5, 0.6) is 0 Å². The van der Waals surface area contributed by atoms with Crippen LogP contribution in [0, 0.1) is 0 Å². The van der Waals surface area contributed by atoms with Gasteiger partial charge in [0.05, 0.1) is 11.6 Å². The van der Waals surface area contributed by atoms with Gasteiger partial charge in [-0.2, -0.15) is 0 Å². The lowest BCUT2D eigenvalue weighted by Crippen LogP contribution is -2.37. The van der Waals surface area contributed by atoms with Crippen molar-refractivity contribution >= 4 is 11.6 Å². The van der Waals surface area contributed by atoms with Gasteiger partial charge in [0, 0.05) is 17.3 Å². The van der Waals surface area contributed by atoms with Crippen LogP contribution in [0.4, 0.5) is 5.69 Å². The van der Waals surface area contributed by atoms with E-state index < -0.39 is 5.41 Å². The van der Waals surface area contributed by atoms with Crippen LogP contribution in [0.2, 0.25) is 0 Å². The van der Waals surface area contributed by atoms with Gasteiger partial charge in [0.15, 0.2) is 12.2 Å². The molecule has 0 N–H and O–H groups in total. The number of benzene rings is 1. The predicted molar refractivity (Wildman–Crippen MR) is 75.5 cm³/mol. The highest BCUT2D eigenvalue weighted by molar-refractivity contribution is 6.08. The van der Waals surface area contributed by atoms with E-state index in [1.54, 1.807) is 6.20 Å². The number of nitrogens with zero attached hydrogens (tertiary/aromatic N) is 2. The van der Waals surface area contributed by atoms with Crippen molar-refractivity contribution in [3.05, 3.63) is 36.4 Å². The Kier molecular flexibility index (Phi) is 2.18. The molecule has 1 aliphatic heterocycles. The van der Waals surface area contributed by atoms with Gasteiger partial charge in [0.25, 0.3) is 0 Å². The quantitative estimate of drug-likeness (QED) is 0.840. The van der Waals surface area contributed by atoms with E-state index in [2.05, 4.69) is 11.1 Å². The highest BCUT2D eigenvalue weighted by Gasteiger charge is 2.48. The van der Waals surface area contributed by atoms with Crippen LogP contribution in [-0.2, 0) is 10.2 Å². The fourth-order valence-electron chi connectivity index (χ4n) is 2.99. The van der Waals surface area contributed by atoms with Crippen LogP contribution in [0.25, 0.3) is 11.3 Å². The average molecular weight is 268 g/mol. The molecule has 1 aromatic heterocycles. The standard InChI is InChI=1S/C16H16N2O2/c1-16(2)12-6-3-10(14-8-17-9-20-14)7-13(12)18(15(16)19)11-4-5-11/h3,6-9,11H,4-5H2,1-2H3. The molecule has 1 amide bonds. The Morgan fingerprint density at radius 3 is 2.80 bits per heavy atom. The molecular formula is C16H16N2O2. The summed E-state index contributed by atoms with van der Waals surface area (Å²) in [7, 11) is 0. The first kappa shape index (κ1) is 11.7. The Morgan fingerprint density at radius 1 is 1.35 bits per heavy atom. The van der Waals surface area contributed by atoms with Crippen LogP contribution in [0.1, 0.15) is 32.3 Å². The highest BCUT2D eigenvalue weighted by atomic mass is 16.3. The Hall–Kier alpha value is -2.10. The zero-order chi connectivity index (χ0) is 13.9. The predicted octanol–water partition coefficient (Wildman–Crippen LogP) is 3.13. The van der Waals surface area contributed by atoms with Crippen molar-refractivity contribution < 1.29 is 9.21 Å². The van der Waals surface area contributed by atoms with E-state index in [-0.39, 0.29) is 5.91 Å². The third-order valence-electron chi connectivity index (χ3n) is 4.31. The number of hydrogen-bond donors (Lipinski definition) is 0. The molecule has 20 heavy (non-hydrogen) atoms. The summed E-state index contributed by atoms with van der Waals surface area (Å²) in [5.41, 5.74) is 2.68. The molecule has 0 bridgehead atoms. The van der Waals surface area contributed by atoms with E-state index in [1.165, 1.54) is 6.39 Å². The molecule has 2 heterocycles. The summed E-state index contributed by atoms with van der Waals surface area (Å²) in [5.74, 6) is 0.949. The number of rotatable bonds is 2. The van der Waals surface area contributed by atoms with Gasteiger partial charge in [-0.05, 0) is 38.3 Å². The number of anilines is 1. The molecule has 1 fully saturated rings. The maximum absolute atomic E-state index is 12.7. The van der Waals surface area contributed by atoms with Gasteiger partial charge in [-0.15, -0.1) is 0 Å². The number of carbonyl (C=O) groups is 1. The molecule has 0 spiro atoms. The average Bonchev–Trinajstić information content (AvgIpc) is 3.06. The lowest BCUT2D eigenvalue weighted by atomic mass is 9.86. The second-order valence-electron chi connectivity index (χ2n) is 6.13. The van der Waals surface area contributed by atoms with E-state index in [0.717, 1.165) is 35.4 Å². The minimum absolute atomic E-state index is 0.213. The van der Waals surface area contributed by atoms with Gasteiger partial charge in [0.2, 0.25) is 5.91 Å². The van der Waals surface area contributed by atoms with E-state index >= 15 is 0 Å². The lowest BCUT2D eigenvalue weighted by Gasteiger charge is -2.19. The molecule has 0 radical (unpaired) electrons. The normalized spacial score (nSPS) is 20.3. The van der Waals surface area contributed by atoms with E-state index in [1.807, 2.05) is 30.9 Å². The number of oxazole rings is 1. The highest BCUT2D eigenvalue weighted by Crippen LogP contribution is 2.47. The van der Waals surface area contributed by atoms with Gasteiger partial charge < -0.3 is 9.32 Å². The molecule has 1 aromatic carbocycles. The van der Waals surface area contributed by atoms with Crippen LogP contribution < -0.4 is 4.90 Å². The van der Waals surface area contributed by atoms with Crippen molar-refractivity contribution in [2.45, 2.75) is 38.1 Å². The first-order chi connectivity index (χ1) is 9.59. The monoisotopic (exact) mass is 268 g/mol. The fourth-order valence-corrected chi connectivity index (χ4v) is 2.99. The minimum Gasteiger partial charge on any atom is -0.444 e. The molecule has 4 heteroatoms. The van der Waals surface area contributed by atoms with E-state index in [0.29, 0.717) is 6.04 Å². The van der Waals surface area contributed by atoms with Crippen LogP contribution >= 0.6 is 0 Å². The second kappa shape index (κ2) is 3.72. The van der Waals surface area contributed by atoms with E-state index in [4.69, 9.17) is 4.42 Å². The van der Waals surface area contributed by atoms with Gasteiger partial charge >= 0.3 is 0 Å². The Bertz CT molecular complexity index is 685. The third-order valence-corrected chi connectivity index (χ3v) is 4.31. The minimum atomic E-state index is -0.433. The van der Waals surface area contributed by atoms with Crippen molar-refractivity contribution in [2.75, 3.05) is 4.90 Å². The third kappa shape index (κ3) is 1.48. The molecule has 2 aliphatic rings. The molecule has 0 saturated heterocycles. The summed E-state index contributed by atoms with van der Waals surface area (Å²) in [5, 5.41) is 0. The summed E-state index contributed by atoms with van der Waals surface area (Å²) < 4.78 is 5.35. The Labute approximate surface area is 117 Å².